The fraction of sp³-hybridized carbons (Fsp3) is 0.409. The van der Waals surface area contributed by atoms with Gasteiger partial charge in [-0.3, -0.25) is 4.79 Å². The molecule has 0 radical (unpaired) electrons. The van der Waals surface area contributed by atoms with E-state index in [4.69, 9.17) is 9.47 Å². The van der Waals surface area contributed by atoms with Crippen LogP contribution in [0.3, 0.4) is 0 Å². The minimum atomic E-state index is -3.49. The number of sulfonamides is 1. The smallest absolute Gasteiger partial charge is 0.258 e. The predicted molar refractivity (Wildman–Crippen MR) is 114 cm³/mol. The summed E-state index contributed by atoms with van der Waals surface area (Å²) < 4.78 is 38.0. The molecule has 30 heavy (non-hydrogen) atoms. The molecule has 0 bridgehead atoms. The number of carbonyl (C=O) groups is 1. The van der Waals surface area contributed by atoms with Crippen LogP contribution < -0.4 is 14.8 Å². The number of nitrogens with one attached hydrogen (secondary N) is 1. The minimum absolute atomic E-state index is 0.159. The van der Waals surface area contributed by atoms with Crippen LogP contribution in [0.4, 0.5) is 0 Å². The summed E-state index contributed by atoms with van der Waals surface area (Å²) in [4.78, 5) is 12.4. The zero-order chi connectivity index (χ0) is 21.6. The van der Waals surface area contributed by atoms with Crippen LogP contribution in [-0.2, 0) is 21.4 Å². The molecule has 0 aromatic heterocycles. The number of carbonyl (C=O) groups excluding carboxylic acids is 1. The van der Waals surface area contributed by atoms with Crippen molar-refractivity contribution in [2.45, 2.75) is 37.6 Å². The molecule has 1 aliphatic heterocycles. The number of methoxy groups -OCH3 is 1. The number of aryl methyl sites for hydroxylation is 1. The van der Waals surface area contributed by atoms with Gasteiger partial charge < -0.3 is 14.8 Å². The summed E-state index contributed by atoms with van der Waals surface area (Å²) in [6.07, 6.45) is 2.85. The van der Waals surface area contributed by atoms with Gasteiger partial charge in [-0.2, -0.15) is 4.31 Å². The second-order valence-corrected chi connectivity index (χ2v) is 9.21. The maximum absolute atomic E-state index is 12.8. The van der Waals surface area contributed by atoms with E-state index in [0.29, 0.717) is 36.7 Å². The highest BCUT2D eigenvalue weighted by Crippen LogP contribution is 2.26. The van der Waals surface area contributed by atoms with E-state index >= 15 is 0 Å². The molecule has 0 atom stereocenters. The van der Waals surface area contributed by atoms with Gasteiger partial charge in [0, 0.05) is 25.2 Å². The van der Waals surface area contributed by atoms with Crippen molar-refractivity contribution in [1.29, 1.82) is 0 Å². The highest BCUT2D eigenvalue weighted by molar-refractivity contribution is 7.89. The molecular formula is C22H28N2O5S. The Balaban J connectivity index is 1.57. The third-order valence-corrected chi connectivity index (χ3v) is 7.02. The SMILES string of the molecule is COc1ccccc1CNC(=O)COc1ccc(S(=O)(=O)N2CCCCC2)cc1C. The lowest BCUT2D eigenvalue weighted by atomic mass is 10.2. The fourth-order valence-corrected chi connectivity index (χ4v) is 5.04. The van der Waals surface area contributed by atoms with E-state index in [9.17, 15) is 13.2 Å². The van der Waals surface area contributed by atoms with Crippen molar-refractivity contribution < 1.29 is 22.7 Å². The molecule has 1 saturated heterocycles. The Morgan fingerprint density at radius 2 is 1.80 bits per heavy atom. The number of hydrogen-bond donors (Lipinski definition) is 1. The topological polar surface area (TPSA) is 84.9 Å². The van der Waals surface area contributed by atoms with Gasteiger partial charge in [0.05, 0.1) is 12.0 Å². The Hall–Kier alpha value is -2.58. The highest BCUT2D eigenvalue weighted by atomic mass is 32.2. The number of para-hydroxylation sites is 1. The molecule has 2 aromatic rings. The van der Waals surface area contributed by atoms with Gasteiger partial charge in [-0.25, -0.2) is 8.42 Å². The molecule has 8 heteroatoms. The molecule has 162 valence electrons. The summed E-state index contributed by atoms with van der Waals surface area (Å²) in [5.41, 5.74) is 1.54. The average Bonchev–Trinajstić information content (AvgIpc) is 2.77. The number of nitrogens with zero attached hydrogens (tertiary/aromatic N) is 1. The first-order chi connectivity index (χ1) is 14.4. The van der Waals surface area contributed by atoms with Crippen molar-refractivity contribution >= 4 is 15.9 Å². The van der Waals surface area contributed by atoms with Crippen molar-refractivity contribution in [2.75, 3.05) is 26.8 Å². The van der Waals surface area contributed by atoms with Crippen molar-refractivity contribution in [2.24, 2.45) is 0 Å². The van der Waals surface area contributed by atoms with Crippen molar-refractivity contribution in [1.82, 2.24) is 9.62 Å². The largest absolute Gasteiger partial charge is 0.496 e. The van der Waals surface area contributed by atoms with Crippen molar-refractivity contribution in [3.63, 3.8) is 0 Å². The fourth-order valence-electron chi connectivity index (χ4n) is 3.44. The van der Waals surface area contributed by atoms with E-state index < -0.39 is 10.0 Å². The standard InChI is InChI=1S/C22H28N2O5S/c1-17-14-19(30(26,27)24-12-6-3-7-13-24)10-11-20(17)29-16-22(25)23-15-18-8-4-5-9-21(18)28-2/h4-5,8-11,14H,3,6-7,12-13,15-16H2,1-2H3,(H,23,25). The van der Waals surface area contributed by atoms with Gasteiger partial charge in [0.25, 0.3) is 5.91 Å². The normalized spacial score (nSPS) is 14.9. The molecule has 7 nitrogen and oxygen atoms in total. The van der Waals surface area contributed by atoms with Crippen LogP contribution in [-0.4, -0.2) is 45.4 Å². The summed E-state index contributed by atoms with van der Waals surface area (Å²) >= 11 is 0. The van der Waals surface area contributed by atoms with Crippen LogP contribution in [0.2, 0.25) is 0 Å². The van der Waals surface area contributed by atoms with Crippen LogP contribution in [0.1, 0.15) is 30.4 Å². The summed E-state index contributed by atoms with van der Waals surface area (Å²) in [5, 5.41) is 2.80. The zero-order valence-electron chi connectivity index (χ0n) is 17.4. The maximum Gasteiger partial charge on any atom is 0.258 e. The third kappa shape index (κ3) is 5.31. The van der Waals surface area contributed by atoms with Gasteiger partial charge in [-0.15, -0.1) is 0 Å². The number of amides is 1. The van der Waals surface area contributed by atoms with Gasteiger partial charge in [0.2, 0.25) is 10.0 Å². The van der Waals surface area contributed by atoms with Crippen molar-refractivity contribution in [3.8, 4) is 11.5 Å². The van der Waals surface area contributed by atoms with Crippen LogP contribution in [0, 0.1) is 6.92 Å². The van der Waals surface area contributed by atoms with Crippen LogP contribution in [0.5, 0.6) is 11.5 Å². The summed E-state index contributed by atoms with van der Waals surface area (Å²) in [5.74, 6) is 0.922. The molecule has 0 saturated carbocycles. The molecule has 3 rings (SSSR count). The first-order valence-corrected chi connectivity index (χ1v) is 11.5. The van der Waals surface area contributed by atoms with Gasteiger partial charge in [0.15, 0.2) is 6.61 Å². The number of hydrogen-bond acceptors (Lipinski definition) is 5. The summed E-state index contributed by atoms with van der Waals surface area (Å²) in [7, 11) is -1.91. The quantitative estimate of drug-likeness (QED) is 0.693. The number of piperidine rings is 1. The van der Waals surface area contributed by atoms with E-state index in [-0.39, 0.29) is 17.4 Å². The van der Waals surface area contributed by atoms with Crippen LogP contribution in [0.15, 0.2) is 47.4 Å². The molecule has 1 aliphatic rings. The van der Waals surface area contributed by atoms with Gasteiger partial charge in [0.1, 0.15) is 11.5 Å². The Morgan fingerprint density at radius 3 is 2.50 bits per heavy atom. The molecule has 0 spiro atoms. The first-order valence-electron chi connectivity index (χ1n) is 10.0. The Morgan fingerprint density at radius 1 is 1.07 bits per heavy atom. The monoisotopic (exact) mass is 432 g/mol. The van der Waals surface area contributed by atoms with E-state index in [2.05, 4.69) is 5.32 Å². The van der Waals surface area contributed by atoms with Crippen LogP contribution in [0.25, 0.3) is 0 Å². The second-order valence-electron chi connectivity index (χ2n) is 7.27. The number of ether oxygens (including phenoxy) is 2. The number of benzene rings is 2. The average molecular weight is 433 g/mol. The molecule has 1 amide bonds. The van der Waals surface area contributed by atoms with E-state index in [1.54, 1.807) is 32.2 Å². The zero-order valence-corrected chi connectivity index (χ0v) is 18.2. The molecule has 0 unspecified atom stereocenters. The summed E-state index contributed by atoms with van der Waals surface area (Å²) in [6.45, 7) is 3.07. The Kier molecular flexibility index (Phi) is 7.33. The van der Waals surface area contributed by atoms with Gasteiger partial charge >= 0.3 is 0 Å². The maximum atomic E-state index is 12.8. The lowest BCUT2D eigenvalue weighted by Gasteiger charge is -2.26. The predicted octanol–water partition coefficient (Wildman–Crippen LogP) is 2.87. The van der Waals surface area contributed by atoms with E-state index in [0.717, 1.165) is 24.8 Å². The van der Waals surface area contributed by atoms with Crippen molar-refractivity contribution in [3.05, 3.63) is 53.6 Å². The lowest BCUT2D eigenvalue weighted by Crippen LogP contribution is -2.35. The molecule has 0 aliphatic carbocycles. The second kappa shape index (κ2) is 9.95. The third-order valence-electron chi connectivity index (χ3n) is 5.13. The molecule has 1 heterocycles. The minimum Gasteiger partial charge on any atom is -0.496 e. The molecule has 1 fully saturated rings. The van der Waals surface area contributed by atoms with Crippen LogP contribution >= 0.6 is 0 Å². The van der Waals surface area contributed by atoms with E-state index in [1.807, 2.05) is 24.3 Å². The first kappa shape index (κ1) is 22.1. The Bertz CT molecular complexity index is 985. The Labute approximate surface area is 178 Å². The molecular weight excluding hydrogens is 404 g/mol. The highest BCUT2D eigenvalue weighted by Gasteiger charge is 2.26. The molecule has 1 N–H and O–H groups in total. The summed E-state index contributed by atoms with van der Waals surface area (Å²) in [6, 6.07) is 12.2. The molecule has 2 aromatic carbocycles. The van der Waals surface area contributed by atoms with Gasteiger partial charge in [-0.05, 0) is 49.6 Å². The van der Waals surface area contributed by atoms with E-state index in [1.165, 1.54) is 4.31 Å². The number of rotatable bonds is 8. The lowest BCUT2D eigenvalue weighted by molar-refractivity contribution is -0.123. The van der Waals surface area contributed by atoms with Gasteiger partial charge in [-0.1, -0.05) is 24.6 Å².